The number of aromatic nitrogens is 1. The van der Waals surface area contributed by atoms with E-state index in [1.807, 2.05) is 6.07 Å². The second-order valence-corrected chi connectivity index (χ2v) is 6.64. The van der Waals surface area contributed by atoms with Crippen LogP contribution in [0, 0.1) is 0 Å². The molecule has 0 saturated heterocycles. The van der Waals surface area contributed by atoms with E-state index in [9.17, 15) is 9.59 Å². The Morgan fingerprint density at radius 3 is 1.77 bits per heavy atom. The molecule has 0 fully saturated rings. The van der Waals surface area contributed by atoms with E-state index in [2.05, 4.69) is 15.6 Å². The molecule has 0 unspecified atom stereocenters. The van der Waals surface area contributed by atoms with Crippen LogP contribution in [0.2, 0.25) is 0 Å². The quantitative estimate of drug-likeness (QED) is 0.448. The molecule has 2 N–H and O–H groups in total. The fourth-order valence-electron chi connectivity index (χ4n) is 2.90. The van der Waals surface area contributed by atoms with Gasteiger partial charge in [0, 0.05) is 17.3 Å². The zero-order valence-corrected chi connectivity index (χ0v) is 16.5. The minimum Gasteiger partial charge on any atom is -0.456 e. The third kappa shape index (κ3) is 5.13. The van der Waals surface area contributed by atoms with Gasteiger partial charge in [-0.25, -0.2) is 0 Å². The second kappa shape index (κ2) is 9.37. The lowest BCUT2D eigenvalue weighted by Gasteiger charge is -2.13. The van der Waals surface area contributed by atoms with E-state index in [-0.39, 0.29) is 11.8 Å². The van der Waals surface area contributed by atoms with Gasteiger partial charge in [0.15, 0.2) is 0 Å². The minimum absolute atomic E-state index is 0.251. The summed E-state index contributed by atoms with van der Waals surface area (Å²) in [5.41, 5.74) is 2.02. The van der Waals surface area contributed by atoms with Crippen LogP contribution in [-0.4, -0.2) is 16.8 Å². The first-order chi connectivity index (χ1) is 15.2. The number of ether oxygens (including phenoxy) is 1. The Morgan fingerprint density at radius 1 is 0.613 bits per heavy atom. The predicted octanol–water partition coefficient (Wildman–Crippen LogP) is 5.38. The predicted molar refractivity (Wildman–Crippen MR) is 120 cm³/mol. The highest BCUT2D eigenvalue weighted by Crippen LogP contribution is 2.24. The number of carbonyl (C=O) groups excluding carboxylic acids is 2. The minimum atomic E-state index is -0.297. The number of carbonyl (C=O) groups is 2. The number of rotatable bonds is 6. The summed E-state index contributed by atoms with van der Waals surface area (Å²) in [5.74, 6) is 0.663. The summed E-state index contributed by atoms with van der Waals surface area (Å²) in [6.07, 6.45) is 3.28. The number of benzene rings is 3. The van der Waals surface area contributed by atoms with Gasteiger partial charge in [-0.3, -0.25) is 14.6 Å². The summed E-state index contributed by atoms with van der Waals surface area (Å²) in [6, 6.07) is 26.3. The van der Waals surface area contributed by atoms with E-state index in [0.29, 0.717) is 34.0 Å². The molecular weight excluding hydrogens is 390 g/mol. The van der Waals surface area contributed by atoms with E-state index < -0.39 is 0 Å². The van der Waals surface area contributed by atoms with Crippen LogP contribution in [0.3, 0.4) is 0 Å². The van der Waals surface area contributed by atoms with Gasteiger partial charge in [-0.1, -0.05) is 30.3 Å². The highest BCUT2D eigenvalue weighted by molar-refractivity contribution is 6.09. The molecule has 31 heavy (non-hydrogen) atoms. The van der Waals surface area contributed by atoms with Crippen molar-refractivity contribution in [2.24, 2.45) is 0 Å². The summed E-state index contributed by atoms with van der Waals surface area (Å²) in [7, 11) is 0. The van der Waals surface area contributed by atoms with Gasteiger partial charge in [0.25, 0.3) is 11.8 Å². The second-order valence-electron chi connectivity index (χ2n) is 6.64. The first-order valence-electron chi connectivity index (χ1n) is 9.64. The molecule has 6 heteroatoms. The molecule has 152 valence electrons. The van der Waals surface area contributed by atoms with Gasteiger partial charge in [0.1, 0.15) is 11.5 Å². The lowest BCUT2D eigenvalue weighted by molar-refractivity contribution is 0.101. The van der Waals surface area contributed by atoms with Gasteiger partial charge < -0.3 is 15.4 Å². The van der Waals surface area contributed by atoms with Gasteiger partial charge in [-0.15, -0.1) is 0 Å². The van der Waals surface area contributed by atoms with Gasteiger partial charge in [0.2, 0.25) is 0 Å². The van der Waals surface area contributed by atoms with Crippen molar-refractivity contribution < 1.29 is 14.3 Å². The number of hydrogen-bond donors (Lipinski definition) is 2. The van der Waals surface area contributed by atoms with Crippen LogP contribution in [0.1, 0.15) is 20.7 Å². The number of nitrogens with one attached hydrogen (secondary N) is 2. The van der Waals surface area contributed by atoms with Crippen LogP contribution < -0.4 is 15.4 Å². The first kappa shape index (κ1) is 19.8. The Labute approximate surface area is 179 Å². The van der Waals surface area contributed by atoms with Crippen molar-refractivity contribution in [1.29, 1.82) is 0 Å². The number of para-hydroxylation sites is 2. The maximum absolute atomic E-state index is 12.7. The van der Waals surface area contributed by atoms with Crippen molar-refractivity contribution in [3.63, 3.8) is 0 Å². The molecule has 0 bridgehead atoms. The van der Waals surface area contributed by atoms with Gasteiger partial charge >= 0.3 is 0 Å². The lowest BCUT2D eigenvalue weighted by atomic mass is 10.1. The normalized spacial score (nSPS) is 10.2. The molecule has 0 aliphatic carbocycles. The monoisotopic (exact) mass is 409 g/mol. The molecule has 3 aromatic carbocycles. The summed E-state index contributed by atoms with van der Waals surface area (Å²) >= 11 is 0. The molecule has 6 nitrogen and oxygen atoms in total. The number of pyridine rings is 1. The Bertz CT molecular complexity index is 1180. The number of amides is 2. The molecular formula is C25H19N3O3. The van der Waals surface area contributed by atoms with E-state index in [0.717, 1.165) is 0 Å². The largest absolute Gasteiger partial charge is 0.456 e. The van der Waals surface area contributed by atoms with Crippen molar-refractivity contribution in [2.75, 3.05) is 10.6 Å². The standard InChI is InChI=1S/C25H19N3O3/c29-24(18-7-2-1-3-8-18)27-22-10-4-5-11-23(22)28-25(30)19-12-14-20(15-13-19)31-21-9-6-16-26-17-21/h1-17H,(H,27,29)(H,28,30). The topological polar surface area (TPSA) is 80.3 Å². The first-order valence-corrected chi connectivity index (χ1v) is 9.64. The molecule has 1 aromatic heterocycles. The van der Waals surface area contributed by atoms with Crippen LogP contribution in [0.25, 0.3) is 0 Å². The number of nitrogens with zero attached hydrogens (tertiary/aromatic N) is 1. The highest BCUT2D eigenvalue weighted by atomic mass is 16.5. The average Bonchev–Trinajstić information content (AvgIpc) is 2.82. The van der Waals surface area contributed by atoms with E-state index in [1.54, 1.807) is 97.3 Å². The molecule has 0 spiro atoms. The highest BCUT2D eigenvalue weighted by Gasteiger charge is 2.12. The van der Waals surface area contributed by atoms with Crippen molar-refractivity contribution in [3.05, 3.63) is 115 Å². The van der Waals surface area contributed by atoms with E-state index in [4.69, 9.17) is 4.74 Å². The Balaban J connectivity index is 1.44. The van der Waals surface area contributed by atoms with E-state index in [1.165, 1.54) is 0 Å². The maximum Gasteiger partial charge on any atom is 0.255 e. The smallest absolute Gasteiger partial charge is 0.255 e. The van der Waals surface area contributed by atoms with Crippen molar-refractivity contribution in [3.8, 4) is 11.5 Å². The molecule has 4 aromatic rings. The average molecular weight is 409 g/mol. The summed E-state index contributed by atoms with van der Waals surface area (Å²) in [6.45, 7) is 0. The Hall–Kier alpha value is -4.45. The summed E-state index contributed by atoms with van der Waals surface area (Å²) < 4.78 is 5.69. The molecule has 0 aliphatic heterocycles. The summed E-state index contributed by atoms with van der Waals surface area (Å²) in [5, 5.41) is 5.69. The molecule has 4 rings (SSSR count). The fraction of sp³-hybridized carbons (Fsp3) is 0. The van der Waals surface area contributed by atoms with Crippen molar-refractivity contribution in [2.45, 2.75) is 0 Å². The SMILES string of the molecule is O=C(Nc1ccccc1NC(=O)c1ccc(Oc2cccnc2)cc1)c1ccccc1. The lowest BCUT2D eigenvalue weighted by Crippen LogP contribution is -2.16. The molecule has 0 aliphatic rings. The van der Waals surface area contributed by atoms with Crippen LogP contribution in [0.5, 0.6) is 11.5 Å². The van der Waals surface area contributed by atoms with Crippen LogP contribution >= 0.6 is 0 Å². The van der Waals surface area contributed by atoms with Crippen LogP contribution in [0.15, 0.2) is 103 Å². The van der Waals surface area contributed by atoms with E-state index >= 15 is 0 Å². The molecule has 2 amide bonds. The van der Waals surface area contributed by atoms with Crippen molar-refractivity contribution in [1.82, 2.24) is 4.98 Å². The third-order valence-corrected chi connectivity index (χ3v) is 4.45. The van der Waals surface area contributed by atoms with Crippen molar-refractivity contribution >= 4 is 23.2 Å². The Morgan fingerprint density at radius 2 is 1.19 bits per heavy atom. The molecule has 1 heterocycles. The Kier molecular flexibility index (Phi) is 6.00. The zero-order chi connectivity index (χ0) is 21.5. The van der Waals surface area contributed by atoms with Crippen LogP contribution in [0.4, 0.5) is 11.4 Å². The molecule has 0 radical (unpaired) electrons. The van der Waals surface area contributed by atoms with Crippen LogP contribution in [-0.2, 0) is 0 Å². The molecule has 0 saturated carbocycles. The van der Waals surface area contributed by atoms with Gasteiger partial charge in [0.05, 0.1) is 17.6 Å². The number of hydrogen-bond acceptors (Lipinski definition) is 4. The third-order valence-electron chi connectivity index (χ3n) is 4.45. The number of anilines is 2. The fourth-order valence-corrected chi connectivity index (χ4v) is 2.90. The maximum atomic E-state index is 12.7. The zero-order valence-electron chi connectivity index (χ0n) is 16.5. The molecule has 0 atom stereocenters. The van der Waals surface area contributed by atoms with Gasteiger partial charge in [-0.2, -0.15) is 0 Å². The summed E-state index contributed by atoms with van der Waals surface area (Å²) in [4.78, 5) is 29.2. The van der Waals surface area contributed by atoms with Gasteiger partial charge in [-0.05, 0) is 60.7 Å².